The van der Waals surface area contributed by atoms with Gasteiger partial charge in [-0.15, -0.1) is 0 Å². The molecule has 0 radical (unpaired) electrons. The second kappa shape index (κ2) is 6.52. The number of halogens is 3. The Morgan fingerprint density at radius 2 is 2.15 bits per heavy atom. The Morgan fingerprint density at radius 1 is 1.40 bits per heavy atom. The van der Waals surface area contributed by atoms with Crippen LogP contribution in [0.2, 0.25) is 5.02 Å². The minimum Gasteiger partial charge on any atom is -0.383 e. The van der Waals surface area contributed by atoms with Crippen LogP contribution in [0.5, 0.6) is 0 Å². The molecule has 20 heavy (non-hydrogen) atoms. The van der Waals surface area contributed by atoms with Crippen LogP contribution < -0.4 is 11.1 Å². The maximum Gasteiger partial charge on any atom is 0.128 e. The van der Waals surface area contributed by atoms with E-state index in [9.17, 15) is 4.39 Å². The van der Waals surface area contributed by atoms with Crippen LogP contribution in [0.25, 0.3) is 0 Å². The van der Waals surface area contributed by atoms with Crippen molar-refractivity contribution in [2.75, 3.05) is 12.3 Å². The third kappa shape index (κ3) is 3.29. The lowest BCUT2D eigenvalue weighted by atomic mass is 9.99. The predicted octanol–water partition coefficient (Wildman–Crippen LogP) is 3.92. The molecule has 1 atom stereocenters. The van der Waals surface area contributed by atoms with E-state index in [1.807, 2.05) is 6.92 Å². The van der Waals surface area contributed by atoms with Crippen LogP contribution in [-0.2, 0) is 0 Å². The molecular formula is C14H14BrClFN3. The second-order valence-electron chi connectivity index (χ2n) is 4.28. The number of benzene rings is 1. The van der Waals surface area contributed by atoms with Crippen molar-refractivity contribution in [1.29, 1.82) is 0 Å². The van der Waals surface area contributed by atoms with E-state index in [1.165, 1.54) is 18.3 Å². The average molecular weight is 359 g/mol. The molecule has 0 aliphatic rings. The zero-order valence-electron chi connectivity index (χ0n) is 10.8. The van der Waals surface area contributed by atoms with Crippen LogP contribution in [-0.4, -0.2) is 11.5 Å². The summed E-state index contributed by atoms with van der Waals surface area (Å²) in [6.45, 7) is 2.66. The molecule has 0 amide bonds. The van der Waals surface area contributed by atoms with Crippen molar-refractivity contribution in [3.63, 3.8) is 0 Å². The number of nitrogen functional groups attached to an aromatic ring is 1. The van der Waals surface area contributed by atoms with E-state index in [-0.39, 0.29) is 11.9 Å². The second-order valence-corrected chi connectivity index (χ2v) is 5.58. The average Bonchev–Trinajstić information content (AvgIpc) is 2.42. The summed E-state index contributed by atoms with van der Waals surface area (Å²) in [5.74, 6) is 0.0659. The molecule has 106 valence electrons. The van der Waals surface area contributed by atoms with Gasteiger partial charge in [0.05, 0.1) is 11.1 Å². The summed E-state index contributed by atoms with van der Waals surface area (Å²) in [6.07, 6.45) is 1.49. The van der Waals surface area contributed by atoms with Gasteiger partial charge in [-0.05, 0) is 36.4 Å². The molecule has 3 nitrogen and oxygen atoms in total. The van der Waals surface area contributed by atoms with Crippen molar-refractivity contribution in [1.82, 2.24) is 10.3 Å². The number of anilines is 1. The molecule has 2 rings (SSSR count). The molecule has 1 aromatic carbocycles. The van der Waals surface area contributed by atoms with E-state index >= 15 is 0 Å². The lowest BCUT2D eigenvalue weighted by molar-refractivity contribution is 0.601. The summed E-state index contributed by atoms with van der Waals surface area (Å²) >= 11 is 9.43. The molecule has 1 aromatic heterocycles. The summed E-state index contributed by atoms with van der Waals surface area (Å²) < 4.78 is 14.3. The van der Waals surface area contributed by atoms with Gasteiger partial charge in [0.25, 0.3) is 0 Å². The van der Waals surface area contributed by atoms with Crippen molar-refractivity contribution < 1.29 is 4.39 Å². The summed E-state index contributed by atoms with van der Waals surface area (Å²) in [5, 5.41) is 3.77. The Kier molecular flexibility index (Phi) is 4.96. The molecule has 0 saturated carbocycles. The van der Waals surface area contributed by atoms with Crippen LogP contribution in [0.4, 0.5) is 10.2 Å². The Balaban J connectivity index is 2.55. The van der Waals surface area contributed by atoms with Gasteiger partial charge in [0, 0.05) is 16.2 Å². The van der Waals surface area contributed by atoms with Crippen LogP contribution in [0, 0.1) is 5.82 Å². The largest absolute Gasteiger partial charge is 0.383 e. The summed E-state index contributed by atoms with van der Waals surface area (Å²) in [5.41, 5.74) is 7.41. The van der Waals surface area contributed by atoms with Gasteiger partial charge in [-0.2, -0.15) is 0 Å². The van der Waals surface area contributed by atoms with Crippen molar-refractivity contribution in [2.45, 2.75) is 13.0 Å². The van der Waals surface area contributed by atoms with Gasteiger partial charge >= 0.3 is 0 Å². The number of nitrogens with two attached hydrogens (primary N) is 1. The number of hydrogen-bond donors (Lipinski definition) is 2. The number of rotatable bonds is 4. The molecule has 0 fully saturated rings. The normalized spacial score (nSPS) is 12.4. The van der Waals surface area contributed by atoms with Gasteiger partial charge in [-0.25, -0.2) is 9.37 Å². The molecule has 0 spiro atoms. The SMILES string of the molecule is CCNC(c1cc(F)ccc1Br)c1cc(Cl)cnc1N. The van der Waals surface area contributed by atoms with E-state index in [0.717, 1.165) is 15.6 Å². The highest BCUT2D eigenvalue weighted by Crippen LogP contribution is 2.32. The van der Waals surface area contributed by atoms with Crippen molar-refractivity contribution >= 4 is 33.3 Å². The highest BCUT2D eigenvalue weighted by Gasteiger charge is 2.20. The standard InChI is InChI=1S/C14H14BrClFN3/c1-2-19-13(10-6-9(17)3-4-12(10)15)11-5-8(16)7-20-14(11)18/h3-7,13,19H,2H2,1H3,(H2,18,20). The van der Waals surface area contributed by atoms with E-state index in [2.05, 4.69) is 26.2 Å². The Bertz CT molecular complexity index is 570. The smallest absolute Gasteiger partial charge is 0.128 e. The molecule has 1 unspecified atom stereocenters. The molecule has 2 aromatic rings. The van der Waals surface area contributed by atoms with E-state index in [4.69, 9.17) is 17.3 Å². The minimum atomic E-state index is -0.306. The van der Waals surface area contributed by atoms with Crippen LogP contribution >= 0.6 is 27.5 Å². The lowest BCUT2D eigenvalue weighted by Crippen LogP contribution is -2.24. The van der Waals surface area contributed by atoms with Gasteiger partial charge in [0.1, 0.15) is 11.6 Å². The number of hydrogen-bond acceptors (Lipinski definition) is 3. The third-order valence-electron chi connectivity index (χ3n) is 2.90. The first-order chi connectivity index (χ1) is 9.52. The first-order valence-electron chi connectivity index (χ1n) is 6.12. The van der Waals surface area contributed by atoms with Crippen LogP contribution in [0.15, 0.2) is 34.9 Å². The molecule has 0 aliphatic heterocycles. The number of aromatic nitrogens is 1. The number of pyridine rings is 1. The van der Waals surface area contributed by atoms with Gasteiger partial charge in [-0.1, -0.05) is 34.5 Å². The number of nitrogens with one attached hydrogen (secondary N) is 1. The molecule has 0 saturated heterocycles. The zero-order chi connectivity index (χ0) is 14.7. The fourth-order valence-electron chi connectivity index (χ4n) is 2.02. The van der Waals surface area contributed by atoms with E-state index in [0.29, 0.717) is 17.4 Å². The van der Waals surface area contributed by atoms with Gasteiger partial charge in [0.2, 0.25) is 0 Å². The first-order valence-corrected chi connectivity index (χ1v) is 7.29. The van der Waals surface area contributed by atoms with Crippen LogP contribution in [0.1, 0.15) is 24.1 Å². The summed E-state index contributed by atoms with van der Waals surface area (Å²) in [6, 6.07) is 6.00. The molecule has 3 N–H and O–H groups in total. The molecule has 0 bridgehead atoms. The van der Waals surface area contributed by atoms with Crippen molar-refractivity contribution in [2.24, 2.45) is 0 Å². The van der Waals surface area contributed by atoms with Gasteiger partial charge in [0.15, 0.2) is 0 Å². The predicted molar refractivity (Wildman–Crippen MR) is 83.3 cm³/mol. The fraction of sp³-hybridized carbons (Fsp3) is 0.214. The Hall–Kier alpha value is -1.17. The van der Waals surface area contributed by atoms with Gasteiger partial charge in [-0.3, -0.25) is 0 Å². The quantitative estimate of drug-likeness (QED) is 0.871. The van der Waals surface area contributed by atoms with E-state index in [1.54, 1.807) is 12.1 Å². The van der Waals surface area contributed by atoms with Crippen molar-refractivity contribution in [3.05, 3.63) is 56.9 Å². The van der Waals surface area contributed by atoms with Crippen LogP contribution in [0.3, 0.4) is 0 Å². The topological polar surface area (TPSA) is 50.9 Å². The number of nitrogens with zero attached hydrogens (tertiary/aromatic N) is 1. The highest BCUT2D eigenvalue weighted by molar-refractivity contribution is 9.10. The molecule has 0 aliphatic carbocycles. The summed E-state index contributed by atoms with van der Waals surface area (Å²) in [7, 11) is 0. The first kappa shape index (κ1) is 15.2. The molecule has 1 heterocycles. The summed E-state index contributed by atoms with van der Waals surface area (Å²) in [4.78, 5) is 4.06. The highest BCUT2D eigenvalue weighted by atomic mass is 79.9. The molecular weight excluding hydrogens is 345 g/mol. The fourth-order valence-corrected chi connectivity index (χ4v) is 2.67. The zero-order valence-corrected chi connectivity index (χ0v) is 13.2. The Morgan fingerprint density at radius 3 is 2.85 bits per heavy atom. The molecule has 6 heteroatoms. The van der Waals surface area contributed by atoms with Gasteiger partial charge < -0.3 is 11.1 Å². The third-order valence-corrected chi connectivity index (χ3v) is 3.83. The van der Waals surface area contributed by atoms with E-state index < -0.39 is 0 Å². The lowest BCUT2D eigenvalue weighted by Gasteiger charge is -2.21. The Labute approximate surface area is 130 Å². The van der Waals surface area contributed by atoms with Crippen molar-refractivity contribution in [3.8, 4) is 0 Å². The maximum absolute atomic E-state index is 13.5. The minimum absolute atomic E-state index is 0.281. The monoisotopic (exact) mass is 357 g/mol. The maximum atomic E-state index is 13.5.